The number of halogens is 1. The molecule has 6 nitrogen and oxygen atoms in total. The van der Waals surface area contributed by atoms with Crippen LogP contribution in [0, 0.1) is 5.82 Å². The van der Waals surface area contributed by atoms with Gasteiger partial charge < -0.3 is 20.4 Å². The molecule has 0 fully saturated rings. The zero-order chi connectivity index (χ0) is 15.8. The minimum atomic E-state index is -0.475. The van der Waals surface area contributed by atoms with Crippen LogP contribution in [0.5, 0.6) is 0 Å². The van der Waals surface area contributed by atoms with Crippen LogP contribution in [-0.4, -0.2) is 18.5 Å². The molecule has 0 saturated heterocycles. The Morgan fingerprint density at radius 1 is 1.00 bits per heavy atom. The molecular weight excluding hydrogens is 289 g/mol. The van der Waals surface area contributed by atoms with Crippen molar-refractivity contribution in [1.82, 2.24) is 16.0 Å². The molecule has 3 N–H and O–H groups in total. The maximum absolute atomic E-state index is 12.7. The van der Waals surface area contributed by atoms with Gasteiger partial charge in [-0.1, -0.05) is 12.1 Å². The highest BCUT2D eigenvalue weighted by Crippen LogP contribution is 2.01. The zero-order valence-electron chi connectivity index (χ0n) is 11.8. The third kappa shape index (κ3) is 5.28. The van der Waals surface area contributed by atoms with Crippen molar-refractivity contribution >= 4 is 11.9 Å². The first-order valence-corrected chi connectivity index (χ1v) is 6.69. The SMILES string of the molecule is O=C(CNC(=O)NCc1ccc(F)cc1)NCc1ccco1. The van der Waals surface area contributed by atoms with E-state index < -0.39 is 6.03 Å². The lowest BCUT2D eigenvalue weighted by Crippen LogP contribution is -2.41. The Labute approximate surface area is 126 Å². The van der Waals surface area contributed by atoms with Crippen molar-refractivity contribution in [2.45, 2.75) is 13.1 Å². The van der Waals surface area contributed by atoms with Gasteiger partial charge >= 0.3 is 6.03 Å². The Kier molecular flexibility index (Phi) is 5.53. The molecule has 116 valence electrons. The van der Waals surface area contributed by atoms with Gasteiger partial charge in [0.25, 0.3) is 0 Å². The highest BCUT2D eigenvalue weighted by molar-refractivity contribution is 5.83. The molecule has 0 aliphatic heterocycles. The van der Waals surface area contributed by atoms with Gasteiger partial charge in [-0.05, 0) is 29.8 Å². The van der Waals surface area contributed by atoms with Crippen LogP contribution >= 0.6 is 0 Å². The van der Waals surface area contributed by atoms with Crippen molar-refractivity contribution in [2.75, 3.05) is 6.54 Å². The highest BCUT2D eigenvalue weighted by Gasteiger charge is 2.05. The lowest BCUT2D eigenvalue weighted by Gasteiger charge is -2.08. The summed E-state index contributed by atoms with van der Waals surface area (Å²) < 4.78 is 17.8. The molecule has 0 unspecified atom stereocenters. The minimum absolute atomic E-state index is 0.143. The van der Waals surface area contributed by atoms with E-state index in [0.29, 0.717) is 5.76 Å². The fourth-order valence-corrected chi connectivity index (χ4v) is 1.67. The molecular formula is C15H16FN3O3. The number of carbonyl (C=O) groups is 2. The Morgan fingerprint density at radius 2 is 1.77 bits per heavy atom. The number of hydrogen-bond acceptors (Lipinski definition) is 3. The molecule has 22 heavy (non-hydrogen) atoms. The van der Waals surface area contributed by atoms with E-state index in [0.717, 1.165) is 5.56 Å². The predicted octanol–water partition coefficient (Wildman–Crippen LogP) is 1.53. The standard InChI is InChI=1S/C15H16FN3O3/c16-12-5-3-11(4-6-12)8-18-15(21)19-10-14(20)17-9-13-2-1-7-22-13/h1-7H,8-10H2,(H,17,20)(H2,18,19,21). The third-order valence-electron chi connectivity index (χ3n) is 2.82. The number of nitrogens with one attached hydrogen (secondary N) is 3. The van der Waals surface area contributed by atoms with Gasteiger partial charge in [-0.2, -0.15) is 0 Å². The van der Waals surface area contributed by atoms with E-state index in [1.54, 1.807) is 24.3 Å². The number of urea groups is 1. The van der Waals surface area contributed by atoms with Crippen molar-refractivity contribution in [1.29, 1.82) is 0 Å². The van der Waals surface area contributed by atoms with Gasteiger partial charge in [0.1, 0.15) is 11.6 Å². The molecule has 7 heteroatoms. The van der Waals surface area contributed by atoms with Crippen molar-refractivity contribution in [3.05, 3.63) is 59.8 Å². The van der Waals surface area contributed by atoms with Crippen LogP contribution in [0.3, 0.4) is 0 Å². The highest BCUT2D eigenvalue weighted by atomic mass is 19.1. The van der Waals surface area contributed by atoms with E-state index in [-0.39, 0.29) is 31.4 Å². The topological polar surface area (TPSA) is 83.4 Å². The Balaban J connectivity index is 1.62. The first kappa shape index (κ1) is 15.6. The lowest BCUT2D eigenvalue weighted by atomic mass is 10.2. The second kappa shape index (κ2) is 7.82. The van der Waals surface area contributed by atoms with Crippen LogP contribution in [0.15, 0.2) is 47.1 Å². The first-order chi connectivity index (χ1) is 10.6. The summed E-state index contributed by atoms with van der Waals surface area (Å²) in [4.78, 5) is 23.0. The van der Waals surface area contributed by atoms with E-state index in [4.69, 9.17) is 4.42 Å². The number of carbonyl (C=O) groups excluding carboxylic acids is 2. The summed E-state index contributed by atoms with van der Waals surface area (Å²) in [5.74, 6) is -0.0242. The minimum Gasteiger partial charge on any atom is -0.467 e. The van der Waals surface area contributed by atoms with Gasteiger partial charge in [0.05, 0.1) is 19.4 Å². The van der Waals surface area contributed by atoms with Gasteiger partial charge in [0, 0.05) is 6.54 Å². The van der Waals surface area contributed by atoms with Crippen LogP contribution < -0.4 is 16.0 Å². The molecule has 0 radical (unpaired) electrons. The van der Waals surface area contributed by atoms with Crippen molar-refractivity contribution in [2.24, 2.45) is 0 Å². The number of rotatable bonds is 6. The van der Waals surface area contributed by atoms with E-state index >= 15 is 0 Å². The number of amides is 3. The van der Waals surface area contributed by atoms with E-state index in [9.17, 15) is 14.0 Å². The molecule has 1 heterocycles. The maximum atomic E-state index is 12.7. The summed E-state index contributed by atoms with van der Waals surface area (Å²) in [7, 11) is 0. The van der Waals surface area contributed by atoms with Crippen LogP contribution in [0.25, 0.3) is 0 Å². The van der Waals surface area contributed by atoms with Gasteiger partial charge in [0.15, 0.2) is 0 Å². The second-order valence-corrected chi connectivity index (χ2v) is 4.52. The molecule has 0 aliphatic rings. The van der Waals surface area contributed by atoms with Gasteiger partial charge in [-0.15, -0.1) is 0 Å². The maximum Gasteiger partial charge on any atom is 0.315 e. The normalized spacial score (nSPS) is 10.0. The Morgan fingerprint density at radius 3 is 2.45 bits per heavy atom. The molecule has 2 rings (SSSR count). The van der Waals surface area contributed by atoms with Crippen molar-refractivity contribution in [3.8, 4) is 0 Å². The monoisotopic (exact) mass is 305 g/mol. The quantitative estimate of drug-likeness (QED) is 0.757. The predicted molar refractivity (Wildman–Crippen MR) is 77.2 cm³/mol. The number of hydrogen-bond donors (Lipinski definition) is 3. The average molecular weight is 305 g/mol. The van der Waals surface area contributed by atoms with Crippen LogP contribution in [0.4, 0.5) is 9.18 Å². The first-order valence-electron chi connectivity index (χ1n) is 6.69. The van der Waals surface area contributed by atoms with Crippen LogP contribution in [0.1, 0.15) is 11.3 Å². The molecule has 1 aromatic carbocycles. The summed E-state index contributed by atoms with van der Waals surface area (Å²) >= 11 is 0. The molecule has 1 aromatic heterocycles. The second-order valence-electron chi connectivity index (χ2n) is 4.52. The lowest BCUT2D eigenvalue weighted by molar-refractivity contribution is -0.120. The third-order valence-corrected chi connectivity index (χ3v) is 2.82. The molecule has 0 saturated carbocycles. The molecule has 3 amide bonds. The fraction of sp³-hybridized carbons (Fsp3) is 0.200. The number of furan rings is 1. The van der Waals surface area contributed by atoms with E-state index in [1.807, 2.05) is 0 Å². The fourth-order valence-electron chi connectivity index (χ4n) is 1.67. The summed E-state index contributed by atoms with van der Waals surface area (Å²) in [5.41, 5.74) is 0.763. The summed E-state index contributed by atoms with van der Waals surface area (Å²) in [6, 6.07) is 8.77. The molecule has 0 bridgehead atoms. The Bertz CT molecular complexity index is 611. The summed E-state index contributed by atoms with van der Waals surface area (Å²) in [6.07, 6.45) is 1.52. The average Bonchev–Trinajstić information content (AvgIpc) is 3.04. The summed E-state index contributed by atoms with van der Waals surface area (Å²) in [6.45, 7) is 0.376. The van der Waals surface area contributed by atoms with Crippen molar-refractivity contribution in [3.63, 3.8) is 0 Å². The van der Waals surface area contributed by atoms with E-state index in [1.165, 1.54) is 18.4 Å². The van der Waals surface area contributed by atoms with Gasteiger partial charge in [0.2, 0.25) is 5.91 Å². The van der Waals surface area contributed by atoms with Gasteiger partial charge in [-0.3, -0.25) is 4.79 Å². The van der Waals surface area contributed by atoms with Crippen molar-refractivity contribution < 1.29 is 18.4 Å². The Hall–Kier alpha value is -2.83. The van der Waals surface area contributed by atoms with Crippen LogP contribution in [-0.2, 0) is 17.9 Å². The zero-order valence-corrected chi connectivity index (χ0v) is 11.8. The smallest absolute Gasteiger partial charge is 0.315 e. The largest absolute Gasteiger partial charge is 0.467 e. The van der Waals surface area contributed by atoms with Crippen LogP contribution in [0.2, 0.25) is 0 Å². The molecule has 2 aromatic rings. The number of benzene rings is 1. The molecule has 0 aliphatic carbocycles. The molecule has 0 spiro atoms. The summed E-state index contributed by atoms with van der Waals surface area (Å²) in [5, 5.41) is 7.60. The molecule has 0 atom stereocenters. The van der Waals surface area contributed by atoms with E-state index in [2.05, 4.69) is 16.0 Å². The van der Waals surface area contributed by atoms with Gasteiger partial charge in [-0.25, -0.2) is 9.18 Å².